The highest BCUT2D eigenvalue weighted by atomic mass is 19.1. The van der Waals surface area contributed by atoms with Gasteiger partial charge >= 0.3 is 0 Å². The first-order valence-corrected chi connectivity index (χ1v) is 3.93. The number of aromatic hydroxyl groups is 1. The van der Waals surface area contributed by atoms with E-state index in [9.17, 15) is 9.50 Å². The second kappa shape index (κ2) is 2.69. The average molecular weight is 177 g/mol. The largest absolute Gasteiger partial charge is 0.506 e. The average Bonchev–Trinajstić information content (AvgIpc) is 2.12. The molecule has 0 aliphatic rings. The van der Waals surface area contributed by atoms with Crippen molar-refractivity contribution in [2.45, 2.75) is 6.92 Å². The van der Waals surface area contributed by atoms with E-state index in [1.165, 1.54) is 12.3 Å². The van der Waals surface area contributed by atoms with Crippen molar-refractivity contribution in [3.63, 3.8) is 0 Å². The Kier molecular flexibility index (Phi) is 1.65. The van der Waals surface area contributed by atoms with Gasteiger partial charge in [0.1, 0.15) is 17.1 Å². The number of fused-ring (bicyclic) bond motifs is 1. The van der Waals surface area contributed by atoms with Crippen LogP contribution in [0.3, 0.4) is 0 Å². The lowest BCUT2D eigenvalue weighted by molar-refractivity contribution is 0.469. The van der Waals surface area contributed by atoms with E-state index in [2.05, 4.69) is 4.98 Å². The molecule has 13 heavy (non-hydrogen) atoms. The van der Waals surface area contributed by atoms with Crippen LogP contribution in [-0.2, 0) is 0 Å². The van der Waals surface area contributed by atoms with Crippen molar-refractivity contribution in [3.05, 3.63) is 35.8 Å². The topological polar surface area (TPSA) is 33.1 Å². The quantitative estimate of drug-likeness (QED) is 0.670. The summed E-state index contributed by atoms with van der Waals surface area (Å²) in [5.74, 6) is -0.265. The van der Waals surface area contributed by atoms with Crippen LogP contribution in [0.15, 0.2) is 24.4 Å². The molecule has 0 spiro atoms. The van der Waals surface area contributed by atoms with Crippen molar-refractivity contribution in [3.8, 4) is 5.75 Å². The van der Waals surface area contributed by atoms with Crippen LogP contribution in [0.1, 0.15) is 5.56 Å². The first-order chi connectivity index (χ1) is 6.20. The molecule has 1 aromatic heterocycles. The normalized spacial score (nSPS) is 10.6. The molecular weight excluding hydrogens is 169 g/mol. The maximum atomic E-state index is 13.2. The van der Waals surface area contributed by atoms with Gasteiger partial charge in [-0.3, -0.25) is 0 Å². The molecule has 1 aromatic carbocycles. The number of hydrogen-bond donors (Lipinski definition) is 1. The van der Waals surface area contributed by atoms with Crippen molar-refractivity contribution >= 4 is 10.9 Å². The fraction of sp³-hybridized carbons (Fsp3) is 0.100. The molecule has 0 unspecified atom stereocenters. The van der Waals surface area contributed by atoms with Crippen molar-refractivity contribution in [1.82, 2.24) is 4.98 Å². The Labute approximate surface area is 74.7 Å². The third kappa shape index (κ3) is 1.13. The number of pyridine rings is 1. The predicted molar refractivity (Wildman–Crippen MR) is 48.1 cm³/mol. The molecule has 0 aliphatic carbocycles. The first-order valence-electron chi connectivity index (χ1n) is 3.93. The van der Waals surface area contributed by atoms with Crippen molar-refractivity contribution in [2.75, 3.05) is 0 Å². The van der Waals surface area contributed by atoms with Crippen molar-refractivity contribution < 1.29 is 9.50 Å². The zero-order chi connectivity index (χ0) is 9.42. The highest BCUT2D eigenvalue weighted by Crippen LogP contribution is 2.25. The zero-order valence-corrected chi connectivity index (χ0v) is 7.08. The number of hydrogen-bond acceptors (Lipinski definition) is 2. The summed E-state index contributed by atoms with van der Waals surface area (Å²) >= 11 is 0. The zero-order valence-electron chi connectivity index (χ0n) is 7.08. The lowest BCUT2D eigenvalue weighted by atomic mass is 10.1. The Morgan fingerprint density at radius 2 is 2.15 bits per heavy atom. The van der Waals surface area contributed by atoms with Gasteiger partial charge < -0.3 is 5.11 Å². The monoisotopic (exact) mass is 177 g/mol. The van der Waals surface area contributed by atoms with Crippen molar-refractivity contribution in [2.24, 2.45) is 0 Å². The maximum Gasteiger partial charge on any atom is 0.149 e. The molecule has 2 rings (SSSR count). The molecule has 0 fully saturated rings. The van der Waals surface area contributed by atoms with E-state index in [4.69, 9.17) is 0 Å². The van der Waals surface area contributed by atoms with Crippen LogP contribution in [0.25, 0.3) is 10.9 Å². The predicted octanol–water partition coefficient (Wildman–Crippen LogP) is 2.39. The van der Waals surface area contributed by atoms with Gasteiger partial charge in [0.25, 0.3) is 0 Å². The van der Waals surface area contributed by atoms with Gasteiger partial charge in [0.05, 0.1) is 6.20 Å². The molecule has 2 aromatic rings. The maximum absolute atomic E-state index is 13.2. The summed E-state index contributed by atoms with van der Waals surface area (Å²) in [5.41, 5.74) is 0.960. The number of para-hydroxylation sites is 1. The lowest BCUT2D eigenvalue weighted by Gasteiger charge is -2.03. The summed E-state index contributed by atoms with van der Waals surface area (Å²) in [7, 11) is 0. The molecule has 66 valence electrons. The number of nitrogens with zero attached hydrogens (tertiary/aromatic N) is 1. The Balaban J connectivity index is 2.94. The number of aromatic nitrogens is 1. The van der Waals surface area contributed by atoms with Crippen LogP contribution in [0, 0.1) is 12.7 Å². The van der Waals surface area contributed by atoms with Gasteiger partial charge in [0.15, 0.2) is 0 Å². The molecule has 1 heterocycles. The fourth-order valence-corrected chi connectivity index (χ4v) is 1.31. The minimum Gasteiger partial charge on any atom is -0.506 e. The Morgan fingerprint density at radius 1 is 1.38 bits per heavy atom. The van der Waals surface area contributed by atoms with E-state index < -0.39 is 0 Å². The smallest absolute Gasteiger partial charge is 0.149 e. The van der Waals surface area contributed by atoms with Gasteiger partial charge in [-0.1, -0.05) is 12.1 Å². The van der Waals surface area contributed by atoms with Gasteiger partial charge in [-0.25, -0.2) is 9.37 Å². The molecule has 3 heteroatoms. The van der Waals surface area contributed by atoms with E-state index in [-0.39, 0.29) is 11.6 Å². The van der Waals surface area contributed by atoms with E-state index in [0.717, 1.165) is 0 Å². The van der Waals surface area contributed by atoms with Gasteiger partial charge in [0, 0.05) is 10.9 Å². The molecule has 1 N–H and O–H groups in total. The van der Waals surface area contributed by atoms with E-state index in [1.807, 2.05) is 0 Å². The van der Waals surface area contributed by atoms with Gasteiger partial charge in [-0.15, -0.1) is 0 Å². The molecule has 0 aliphatic heterocycles. The summed E-state index contributed by atoms with van der Waals surface area (Å²) in [4.78, 5) is 3.82. The minimum atomic E-state index is -0.361. The third-order valence-corrected chi connectivity index (χ3v) is 2.09. The van der Waals surface area contributed by atoms with Crippen LogP contribution in [0.2, 0.25) is 0 Å². The summed E-state index contributed by atoms with van der Waals surface area (Å²) in [6, 6.07) is 4.69. The van der Waals surface area contributed by atoms with Gasteiger partial charge in [0.2, 0.25) is 0 Å². The molecule has 0 atom stereocenters. The summed E-state index contributed by atoms with van der Waals surface area (Å²) in [6.45, 7) is 1.73. The number of aryl methyl sites for hydroxylation is 1. The molecule has 0 radical (unpaired) electrons. The number of benzene rings is 1. The number of halogens is 1. The molecule has 0 saturated carbocycles. The minimum absolute atomic E-state index is 0.0955. The van der Waals surface area contributed by atoms with Crippen LogP contribution in [-0.4, -0.2) is 10.1 Å². The summed E-state index contributed by atoms with van der Waals surface area (Å²) in [6.07, 6.45) is 1.26. The molecular formula is C10H8FNO. The highest BCUT2D eigenvalue weighted by molar-refractivity contribution is 5.83. The van der Waals surface area contributed by atoms with E-state index in [0.29, 0.717) is 16.5 Å². The van der Waals surface area contributed by atoms with Crippen LogP contribution in [0.5, 0.6) is 5.75 Å². The van der Waals surface area contributed by atoms with Crippen molar-refractivity contribution in [1.29, 1.82) is 0 Å². The second-order valence-corrected chi connectivity index (χ2v) is 2.90. The Bertz CT molecular complexity index is 468. The lowest BCUT2D eigenvalue weighted by Crippen LogP contribution is -1.87. The number of rotatable bonds is 0. The van der Waals surface area contributed by atoms with Crippen LogP contribution in [0.4, 0.5) is 4.39 Å². The highest BCUT2D eigenvalue weighted by Gasteiger charge is 2.06. The standard InChI is InChI=1S/C10H8FNO/c1-6-7-3-2-4-8(11)10(7)12-5-9(6)13/h2-5,13H,1H3. The third-order valence-electron chi connectivity index (χ3n) is 2.09. The summed E-state index contributed by atoms with van der Waals surface area (Å²) in [5, 5.41) is 9.98. The molecule has 0 amide bonds. The van der Waals surface area contributed by atoms with Crippen LogP contribution < -0.4 is 0 Å². The summed E-state index contributed by atoms with van der Waals surface area (Å²) < 4.78 is 13.2. The first kappa shape index (κ1) is 7.98. The second-order valence-electron chi connectivity index (χ2n) is 2.90. The van der Waals surface area contributed by atoms with E-state index in [1.54, 1.807) is 19.1 Å². The molecule has 0 bridgehead atoms. The molecule has 0 saturated heterocycles. The van der Waals surface area contributed by atoms with E-state index >= 15 is 0 Å². The Morgan fingerprint density at radius 3 is 2.92 bits per heavy atom. The molecule has 2 nitrogen and oxygen atoms in total. The Hall–Kier alpha value is -1.64. The van der Waals surface area contributed by atoms with Gasteiger partial charge in [-0.05, 0) is 13.0 Å². The SMILES string of the molecule is Cc1c(O)cnc2c(F)cccc12. The van der Waals surface area contributed by atoms with Gasteiger partial charge in [-0.2, -0.15) is 0 Å². The van der Waals surface area contributed by atoms with Crippen LogP contribution >= 0.6 is 0 Å². The fourth-order valence-electron chi connectivity index (χ4n) is 1.31.